The number of carbonyl (C=O) groups is 1. The average Bonchev–Trinajstić information content (AvgIpc) is 3.11. The second kappa shape index (κ2) is 6.80. The van der Waals surface area contributed by atoms with Gasteiger partial charge in [0.15, 0.2) is 11.3 Å². The van der Waals surface area contributed by atoms with E-state index in [0.29, 0.717) is 22.6 Å². The molecule has 0 aromatic heterocycles. The predicted octanol–water partition coefficient (Wildman–Crippen LogP) is 2.88. The number of ketones is 1. The van der Waals surface area contributed by atoms with E-state index in [2.05, 4.69) is 5.32 Å². The highest BCUT2D eigenvalue weighted by atomic mass is 16.6. The van der Waals surface area contributed by atoms with Gasteiger partial charge in [-0.15, -0.1) is 0 Å². The molecule has 7 nitrogen and oxygen atoms in total. The zero-order valence-corrected chi connectivity index (χ0v) is 17.8. The average molecular weight is 431 g/mol. The first kappa shape index (κ1) is 20.5. The molecule has 3 atom stereocenters. The van der Waals surface area contributed by atoms with Crippen molar-refractivity contribution in [3.8, 4) is 5.75 Å². The molecule has 164 valence electrons. The number of fused-ring (bicyclic) bond motifs is 5. The Hall–Kier alpha value is -3.39. The van der Waals surface area contributed by atoms with E-state index in [1.54, 1.807) is 48.5 Å². The number of rotatable bonds is 4. The number of benzene rings is 3. The van der Waals surface area contributed by atoms with E-state index in [1.807, 2.05) is 26.0 Å². The Morgan fingerprint density at radius 3 is 2.34 bits per heavy atom. The third kappa shape index (κ3) is 2.56. The van der Waals surface area contributed by atoms with Crippen LogP contribution in [0, 0.1) is 0 Å². The molecule has 1 aliphatic carbocycles. The van der Waals surface area contributed by atoms with Crippen LogP contribution in [0.15, 0.2) is 60.7 Å². The summed E-state index contributed by atoms with van der Waals surface area (Å²) in [6.07, 6.45) is -1.29. The van der Waals surface area contributed by atoms with Crippen LogP contribution in [0.2, 0.25) is 0 Å². The minimum atomic E-state index is -2.08. The van der Waals surface area contributed by atoms with Gasteiger partial charge in [-0.25, -0.2) is 0 Å². The fourth-order valence-corrected chi connectivity index (χ4v) is 4.74. The highest BCUT2D eigenvalue weighted by molar-refractivity contribution is 6.13. The number of ether oxygens (including phenoxy) is 1. The first-order valence-corrected chi connectivity index (χ1v) is 10.5. The van der Waals surface area contributed by atoms with Gasteiger partial charge in [-0.2, -0.15) is 0 Å². The number of anilines is 2. The molecule has 3 aromatic rings. The number of aliphatic hydroxyl groups is 2. The van der Waals surface area contributed by atoms with Crippen molar-refractivity contribution >= 4 is 17.2 Å². The Labute approximate surface area is 185 Å². The van der Waals surface area contributed by atoms with E-state index in [4.69, 9.17) is 16.2 Å². The Morgan fingerprint density at radius 1 is 0.969 bits per heavy atom. The highest BCUT2D eigenvalue weighted by Crippen LogP contribution is 2.59. The summed E-state index contributed by atoms with van der Waals surface area (Å²) < 4.78 is 6.11. The molecule has 32 heavy (non-hydrogen) atoms. The molecule has 1 aliphatic heterocycles. The van der Waals surface area contributed by atoms with Crippen molar-refractivity contribution in [3.05, 3.63) is 88.5 Å². The number of Topliss-reactive ketones (excluding diaryl/α,β-unsaturated/α-hetero) is 1. The summed E-state index contributed by atoms with van der Waals surface area (Å²) in [4.78, 5) is 13.9. The molecular weight excluding hydrogens is 406 g/mol. The fourth-order valence-electron chi connectivity index (χ4n) is 4.74. The van der Waals surface area contributed by atoms with Crippen molar-refractivity contribution in [2.45, 2.75) is 37.3 Å². The smallest absolute Gasteiger partial charge is 0.266 e. The lowest BCUT2D eigenvalue weighted by Crippen LogP contribution is -2.59. The molecule has 3 unspecified atom stereocenters. The number of aliphatic hydroxyl groups excluding tert-OH is 1. The molecule has 0 saturated heterocycles. The molecular formula is C25H25N3O4. The van der Waals surface area contributed by atoms with E-state index >= 15 is 0 Å². The molecule has 3 aromatic carbocycles. The summed E-state index contributed by atoms with van der Waals surface area (Å²) in [5.41, 5.74) is 13.3. The Kier molecular flexibility index (Phi) is 4.36. The first-order chi connectivity index (χ1) is 15.2. The lowest BCUT2D eigenvalue weighted by Gasteiger charge is -2.36. The van der Waals surface area contributed by atoms with Crippen LogP contribution in [0.25, 0.3) is 0 Å². The van der Waals surface area contributed by atoms with Crippen LogP contribution >= 0.6 is 0 Å². The zero-order valence-electron chi connectivity index (χ0n) is 17.8. The Bertz CT molecular complexity index is 1240. The fraction of sp³-hybridized carbons (Fsp3) is 0.240. The SMILES string of the molecule is CC(C)c1ccc2c(c1)OC1(O)c3cccc(N)c3C(=O)C21NC(O)c1ccc(N)cc1. The van der Waals surface area contributed by atoms with Crippen molar-refractivity contribution in [1.29, 1.82) is 0 Å². The van der Waals surface area contributed by atoms with Gasteiger partial charge in [0.2, 0.25) is 0 Å². The van der Waals surface area contributed by atoms with Gasteiger partial charge in [0.1, 0.15) is 12.0 Å². The third-order valence-corrected chi connectivity index (χ3v) is 6.48. The topological polar surface area (TPSA) is 131 Å². The second-order valence-electron chi connectivity index (χ2n) is 8.72. The van der Waals surface area contributed by atoms with Gasteiger partial charge in [0.25, 0.3) is 5.79 Å². The van der Waals surface area contributed by atoms with Crippen LogP contribution in [-0.2, 0) is 11.3 Å². The Balaban J connectivity index is 1.71. The molecule has 1 heterocycles. The minimum absolute atomic E-state index is 0.186. The van der Waals surface area contributed by atoms with Crippen LogP contribution in [-0.4, -0.2) is 16.0 Å². The molecule has 0 bridgehead atoms. The van der Waals surface area contributed by atoms with Gasteiger partial charge in [-0.3, -0.25) is 10.1 Å². The summed E-state index contributed by atoms with van der Waals surface area (Å²) >= 11 is 0. The van der Waals surface area contributed by atoms with Crippen molar-refractivity contribution < 1.29 is 19.7 Å². The molecule has 5 rings (SSSR count). The van der Waals surface area contributed by atoms with E-state index in [9.17, 15) is 15.0 Å². The van der Waals surface area contributed by atoms with Gasteiger partial charge >= 0.3 is 0 Å². The van der Waals surface area contributed by atoms with Crippen molar-refractivity contribution in [2.24, 2.45) is 0 Å². The largest absolute Gasteiger partial charge is 0.455 e. The molecule has 0 amide bonds. The van der Waals surface area contributed by atoms with Crippen LogP contribution in [0.3, 0.4) is 0 Å². The maximum absolute atomic E-state index is 13.9. The summed E-state index contributed by atoms with van der Waals surface area (Å²) in [6.45, 7) is 4.10. The number of hydrogen-bond acceptors (Lipinski definition) is 7. The van der Waals surface area contributed by atoms with Crippen LogP contribution in [0.5, 0.6) is 5.75 Å². The van der Waals surface area contributed by atoms with Crippen LogP contribution in [0.4, 0.5) is 11.4 Å². The maximum Gasteiger partial charge on any atom is 0.266 e. The van der Waals surface area contributed by atoms with E-state index in [1.165, 1.54) is 0 Å². The summed E-state index contributed by atoms with van der Waals surface area (Å²) in [7, 11) is 0. The summed E-state index contributed by atoms with van der Waals surface area (Å²) in [5, 5.41) is 26.0. The van der Waals surface area contributed by atoms with Gasteiger partial charge < -0.3 is 26.4 Å². The predicted molar refractivity (Wildman–Crippen MR) is 121 cm³/mol. The normalized spacial score (nSPS) is 24.1. The van der Waals surface area contributed by atoms with Crippen molar-refractivity contribution in [3.63, 3.8) is 0 Å². The van der Waals surface area contributed by atoms with Crippen LogP contribution in [0.1, 0.15) is 58.6 Å². The molecule has 0 radical (unpaired) electrons. The molecule has 7 N–H and O–H groups in total. The summed E-state index contributed by atoms with van der Waals surface area (Å²) in [5.74, 6) is -1.93. The molecule has 2 aliphatic rings. The lowest BCUT2D eigenvalue weighted by molar-refractivity contribution is -0.180. The van der Waals surface area contributed by atoms with Gasteiger partial charge in [0.05, 0.1) is 5.56 Å². The first-order valence-electron chi connectivity index (χ1n) is 10.5. The summed E-state index contributed by atoms with van der Waals surface area (Å²) in [6, 6.07) is 17.0. The molecule has 0 saturated carbocycles. The number of hydrogen-bond donors (Lipinski definition) is 5. The number of nitrogen functional groups attached to an aromatic ring is 2. The zero-order chi connectivity index (χ0) is 22.8. The van der Waals surface area contributed by atoms with Crippen LogP contribution < -0.4 is 21.5 Å². The maximum atomic E-state index is 13.9. The quantitative estimate of drug-likeness (QED) is 0.317. The third-order valence-electron chi connectivity index (χ3n) is 6.48. The molecule has 0 fully saturated rings. The number of nitrogens with one attached hydrogen (secondary N) is 1. The highest BCUT2D eigenvalue weighted by Gasteiger charge is 2.71. The monoisotopic (exact) mass is 431 g/mol. The number of nitrogens with two attached hydrogens (primary N) is 2. The van der Waals surface area contributed by atoms with E-state index in [0.717, 1.165) is 5.56 Å². The second-order valence-corrected chi connectivity index (χ2v) is 8.72. The van der Waals surface area contributed by atoms with Crippen molar-refractivity contribution in [2.75, 3.05) is 11.5 Å². The van der Waals surface area contributed by atoms with Gasteiger partial charge in [-0.1, -0.05) is 50.2 Å². The standard InChI is InChI=1S/C25H25N3O4/c1-13(2)15-8-11-17-20(12-15)32-25(31)18-4-3-5-19(27)21(18)22(29)24(17,25)28-23(30)14-6-9-16(26)10-7-14/h3-13,23,28,30-31H,26-27H2,1-2H3. The molecule has 7 heteroatoms. The lowest BCUT2D eigenvalue weighted by atomic mass is 9.82. The number of carbonyl (C=O) groups excluding carboxylic acids is 1. The van der Waals surface area contributed by atoms with Gasteiger partial charge in [0, 0.05) is 22.5 Å². The van der Waals surface area contributed by atoms with E-state index in [-0.39, 0.29) is 22.7 Å². The van der Waals surface area contributed by atoms with E-state index < -0.39 is 23.3 Å². The Morgan fingerprint density at radius 2 is 1.66 bits per heavy atom. The molecule has 0 spiro atoms. The minimum Gasteiger partial charge on any atom is -0.455 e. The van der Waals surface area contributed by atoms with Gasteiger partial charge in [-0.05, 0) is 41.3 Å². The van der Waals surface area contributed by atoms with Crippen molar-refractivity contribution in [1.82, 2.24) is 5.32 Å².